The Bertz CT molecular complexity index is 753. The molecule has 0 atom stereocenters. The monoisotopic (exact) mass is 334 g/mol. The van der Waals surface area contributed by atoms with Gasteiger partial charge in [0.2, 0.25) is 0 Å². The maximum absolute atomic E-state index is 11.1. The number of rotatable bonds is 5. The van der Waals surface area contributed by atoms with E-state index in [9.17, 15) is 4.79 Å². The lowest BCUT2D eigenvalue weighted by atomic mass is 10.3. The maximum Gasteiger partial charge on any atom is 0.338 e. The van der Waals surface area contributed by atoms with Gasteiger partial charge in [0.25, 0.3) is 0 Å². The van der Waals surface area contributed by atoms with Crippen LogP contribution >= 0.6 is 34.4 Å². The van der Waals surface area contributed by atoms with Crippen LogP contribution in [0.1, 0.15) is 16.1 Å². The molecule has 3 aromatic heterocycles. The first-order valence-corrected chi connectivity index (χ1v) is 8.83. The molecule has 7 heteroatoms. The molecule has 4 nitrogen and oxygen atoms in total. The fourth-order valence-corrected chi connectivity index (χ4v) is 4.22. The highest BCUT2D eigenvalue weighted by Crippen LogP contribution is 2.29. The van der Waals surface area contributed by atoms with Crippen LogP contribution in [-0.2, 0) is 5.75 Å². The Morgan fingerprint density at radius 2 is 2.24 bits per heavy atom. The predicted octanol–water partition coefficient (Wildman–Crippen LogP) is 4.26. The van der Waals surface area contributed by atoms with E-state index < -0.39 is 5.97 Å². The quantitative estimate of drug-likeness (QED) is 0.706. The van der Waals surface area contributed by atoms with Crippen LogP contribution in [0.15, 0.2) is 45.6 Å². The Hall–Kier alpha value is -1.70. The molecule has 0 aliphatic rings. The van der Waals surface area contributed by atoms with E-state index in [-0.39, 0.29) is 5.56 Å². The van der Waals surface area contributed by atoms with Gasteiger partial charge in [-0.2, -0.15) is 11.3 Å². The number of carboxylic acids is 1. The molecule has 0 aliphatic heterocycles. The van der Waals surface area contributed by atoms with Gasteiger partial charge in [0.15, 0.2) is 0 Å². The Balaban J connectivity index is 1.73. The van der Waals surface area contributed by atoms with Crippen LogP contribution in [0, 0.1) is 0 Å². The van der Waals surface area contributed by atoms with Crippen molar-refractivity contribution in [2.75, 3.05) is 0 Å². The van der Waals surface area contributed by atoms with Gasteiger partial charge >= 0.3 is 5.97 Å². The van der Waals surface area contributed by atoms with E-state index in [1.165, 1.54) is 11.8 Å². The number of pyridine rings is 1. The van der Waals surface area contributed by atoms with Gasteiger partial charge < -0.3 is 5.11 Å². The molecular formula is C14H10N2O2S3. The van der Waals surface area contributed by atoms with E-state index >= 15 is 0 Å². The molecule has 0 bridgehead atoms. The zero-order chi connectivity index (χ0) is 14.7. The summed E-state index contributed by atoms with van der Waals surface area (Å²) in [4.78, 5) is 19.8. The van der Waals surface area contributed by atoms with Crippen molar-refractivity contribution in [3.63, 3.8) is 0 Å². The lowest BCUT2D eigenvalue weighted by Crippen LogP contribution is -2.00. The summed E-state index contributed by atoms with van der Waals surface area (Å²) in [5, 5.41) is 16.7. The minimum absolute atomic E-state index is 0.232. The summed E-state index contributed by atoms with van der Waals surface area (Å²) < 4.78 is 0. The minimum Gasteiger partial charge on any atom is -0.478 e. The molecule has 0 spiro atoms. The van der Waals surface area contributed by atoms with E-state index in [1.807, 2.05) is 16.8 Å². The highest BCUT2D eigenvalue weighted by Gasteiger charge is 2.12. The number of carbonyl (C=O) groups is 1. The van der Waals surface area contributed by atoms with Gasteiger partial charge in [-0.15, -0.1) is 11.3 Å². The number of hydrogen-bond acceptors (Lipinski definition) is 6. The normalized spacial score (nSPS) is 10.7. The first kappa shape index (κ1) is 14.2. The fourth-order valence-electron chi connectivity index (χ4n) is 1.70. The molecule has 0 saturated heterocycles. The molecule has 1 N–H and O–H groups in total. The Labute approximate surface area is 133 Å². The molecule has 21 heavy (non-hydrogen) atoms. The van der Waals surface area contributed by atoms with Crippen LogP contribution in [0.5, 0.6) is 0 Å². The summed E-state index contributed by atoms with van der Waals surface area (Å²) in [6, 6.07) is 5.24. The van der Waals surface area contributed by atoms with Gasteiger partial charge in [0.05, 0.1) is 11.3 Å². The van der Waals surface area contributed by atoms with E-state index in [1.54, 1.807) is 41.0 Å². The first-order chi connectivity index (χ1) is 10.2. The summed E-state index contributed by atoms with van der Waals surface area (Å²) in [5.41, 5.74) is 2.30. The van der Waals surface area contributed by atoms with E-state index in [0.29, 0.717) is 10.8 Å². The highest BCUT2D eigenvalue weighted by molar-refractivity contribution is 7.98. The van der Waals surface area contributed by atoms with Crippen molar-refractivity contribution < 1.29 is 9.90 Å². The first-order valence-electron chi connectivity index (χ1n) is 6.02. The van der Waals surface area contributed by atoms with Crippen LogP contribution in [-0.4, -0.2) is 21.0 Å². The molecule has 0 aromatic carbocycles. The average molecular weight is 334 g/mol. The molecule has 106 valence electrons. The zero-order valence-corrected chi connectivity index (χ0v) is 13.2. The second kappa shape index (κ2) is 6.38. The molecule has 3 rings (SSSR count). The molecule has 0 saturated carbocycles. The average Bonchev–Trinajstić information content (AvgIpc) is 3.16. The van der Waals surface area contributed by atoms with Crippen LogP contribution in [0.25, 0.3) is 10.6 Å². The molecule has 0 unspecified atom stereocenters. The van der Waals surface area contributed by atoms with Crippen molar-refractivity contribution >= 4 is 40.4 Å². The number of thiophene rings is 1. The number of carboxylic acid groups (broad SMARTS) is 1. The molecule has 0 fully saturated rings. The third-order valence-corrected chi connectivity index (χ3v) is 5.34. The standard InChI is InChI=1S/C14H10N2O2S3/c17-14(18)11-2-1-4-15-13(11)21-8-10-7-20-12(16-10)9-3-5-19-6-9/h1-7H,8H2,(H,17,18). The number of hydrogen-bond donors (Lipinski definition) is 1. The molecule has 0 aliphatic carbocycles. The number of thioether (sulfide) groups is 1. The number of thiazole rings is 1. The largest absolute Gasteiger partial charge is 0.478 e. The highest BCUT2D eigenvalue weighted by atomic mass is 32.2. The van der Waals surface area contributed by atoms with Crippen LogP contribution in [0.4, 0.5) is 0 Å². The van der Waals surface area contributed by atoms with Crippen LogP contribution in [0.2, 0.25) is 0 Å². The number of nitrogens with zero attached hydrogens (tertiary/aromatic N) is 2. The topological polar surface area (TPSA) is 63.1 Å². The number of aromatic carboxylic acids is 1. The summed E-state index contributed by atoms with van der Waals surface area (Å²) in [7, 11) is 0. The van der Waals surface area contributed by atoms with Crippen molar-refractivity contribution in [3.05, 3.63) is 51.8 Å². The minimum atomic E-state index is -0.956. The van der Waals surface area contributed by atoms with Gasteiger partial charge in [-0.05, 0) is 23.6 Å². The molecule has 3 heterocycles. The van der Waals surface area contributed by atoms with Gasteiger partial charge in [-0.3, -0.25) is 0 Å². The summed E-state index contributed by atoms with van der Waals surface area (Å²) in [6.07, 6.45) is 1.60. The Kier molecular flexibility index (Phi) is 4.33. The van der Waals surface area contributed by atoms with Crippen molar-refractivity contribution in [2.24, 2.45) is 0 Å². The van der Waals surface area contributed by atoms with E-state index in [4.69, 9.17) is 5.11 Å². The molecule has 0 radical (unpaired) electrons. The van der Waals surface area contributed by atoms with Crippen LogP contribution in [0.3, 0.4) is 0 Å². The molecule has 0 amide bonds. The summed E-state index contributed by atoms with van der Waals surface area (Å²) in [6.45, 7) is 0. The van der Waals surface area contributed by atoms with Crippen molar-refractivity contribution in [3.8, 4) is 10.6 Å². The van der Waals surface area contributed by atoms with Gasteiger partial charge in [-0.1, -0.05) is 11.8 Å². The van der Waals surface area contributed by atoms with Crippen LogP contribution < -0.4 is 0 Å². The SMILES string of the molecule is O=C(O)c1cccnc1SCc1csc(-c2ccsc2)n1. The third kappa shape index (κ3) is 3.31. The maximum atomic E-state index is 11.1. The van der Waals surface area contributed by atoms with Gasteiger partial charge in [0.1, 0.15) is 10.0 Å². The summed E-state index contributed by atoms with van der Waals surface area (Å²) in [5.74, 6) is -0.347. The second-order valence-electron chi connectivity index (χ2n) is 4.11. The fraction of sp³-hybridized carbons (Fsp3) is 0.0714. The Morgan fingerprint density at radius 1 is 1.33 bits per heavy atom. The van der Waals surface area contributed by atoms with Crippen molar-refractivity contribution in [1.82, 2.24) is 9.97 Å². The van der Waals surface area contributed by atoms with Crippen molar-refractivity contribution in [1.29, 1.82) is 0 Å². The summed E-state index contributed by atoms with van der Waals surface area (Å²) >= 11 is 4.64. The van der Waals surface area contributed by atoms with Crippen molar-refractivity contribution in [2.45, 2.75) is 10.8 Å². The smallest absolute Gasteiger partial charge is 0.338 e. The lowest BCUT2D eigenvalue weighted by Gasteiger charge is -2.02. The van der Waals surface area contributed by atoms with E-state index in [2.05, 4.69) is 15.3 Å². The predicted molar refractivity (Wildman–Crippen MR) is 86.2 cm³/mol. The number of aromatic nitrogens is 2. The van der Waals surface area contributed by atoms with E-state index in [0.717, 1.165) is 16.3 Å². The second-order valence-corrected chi connectivity index (χ2v) is 6.71. The molecular weight excluding hydrogens is 324 g/mol. The lowest BCUT2D eigenvalue weighted by molar-refractivity contribution is 0.0692. The van der Waals surface area contributed by atoms with Gasteiger partial charge in [0, 0.05) is 28.3 Å². The Morgan fingerprint density at radius 3 is 3.00 bits per heavy atom. The third-order valence-electron chi connectivity index (χ3n) is 2.68. The molecule has 3 aromatic rings. The van der Waals surface area contributed by atoms with Gasteiger partial charge in [-0.25, -0.2) is 14.8 Å². The zero-order valence-electron chi connectivity index (χ0n) is 10.7.